The van der Waals surface area contributed by atoms with Gasteiger partial charge in [-0.15, -0.1) is 0 Å². The number of nitrogens with zero attached hydrogens (tertiary/aromatic N) is 4. The summed E-state index contributed by atoms with van der Waals surface area (Å²) in [5.41, 5.74) is 14.7. The summed E-state index contributed by atoms with van der Waals surface area (Å²) in [5.74, 6) is 1.57. The van der Waals surface area contributed by atoms with E-state index in [2.05, 4.69) is 110 Å². The molecular weight excluding hydrogens is 645 g/mol. The standard InChI is InChI=1S/C41H24N4O2S2/c1-17-11-24-28-9-7-21-5-6-22-8-10-29(43-32(22)31(21)42-28)25-12-18(2)14-27-36(25)47-41-44-33-30-23(16-20(4)38-34(30)45(41)40(27)49-38)15-19(3)37(33)48-39(44)26(13-17)35(24)46-41/h5-16H,1-4H3/q+2. The molecule has 4 aromatic heterocycles. The first-order valence-electron chi connectivity index (χ1n) is 16.6. The van der Waals surface area contributed by atoms with Gasteiger partial charge in [-0.05, 0) is 113 Å². The number of pyridine rings is 2. The lowest BCUT2D eigenvalue weighted by Crippen LogP contribution is -2.82. The van der Waals surface area contributed by atoms with E-state index >= 15 is 0 Å². The number of hydrogen-bond acceptors (Lipinski definition) is 6. The molecule has 8 heteroatoms. The van der Waals surface area contributed by atoms with Gasteiger partial charge in [-0.1, -0.05) is 46.9 Å². The van der Waals surface area contributed by atoms with Crippen molar-refractivity contribution in [3.8, 4) is 55.2 Å². The number of aromatic nitrogens is 4. The van der Waals surface area contributed by atoms with Crippen molar-refractivity contribution in [1.29, 1.82) is 0 Å². The van der Waals surface area contributed by atoms with Gasteiger partial charge in [0.2, 0.25) is 0 Å². The Hall–Kier alpha value is -5.44. The monoisotopic (exact) mass is 668 g/mol. The topological polar surface area (TPSA) is 52.0 Å². The van der Waals surface area contributed by atoms with Crippen molar-refractivity contribution in [2.75, 3.05) is 0 Å². The fraction of sp³-hybridized carbons (Fsp3) is 0.122. The molecule has 6 nitrogen and oxygen atoms in total. The normalized spacial score (nSPS) is 15.0. The van der Waals surface area contributed by atoms with Crippen LogP contribution in [0, 0.1) is 27.7 Å². The summed E-state index contributed by atoms with van der Waals surface area (Å²) in [6, 6.07) is 25.2. The van der Waals surface area contributed by atoms with Crippen molar-refractivity contribution in [3.63, 3.8) is 0 Å². The molecule has 0 unspecified atom stereocenters. The molecule has 0 N–H and O–H groups in total. The van der Waals surface area contributed by atoms with Gasteiger partial charge in [-0.3, -0.25) is 0 Å². The van der Waals surface area contributed by atoms with Crippen molar-refractivity contribution in [3.05, 3.63) is 95.1 Å². The molecule has 7 bridgehead atoms. The van der Waals surface area contributed by atoms with Gasteiger partial charge in [0.15, 0.2) is 11.5 Å². The molecule has 9 aromatic rings. The van der Waals surface area contributed by atoms with E-state index in [1.165, 1.54) is 42.3 Å². The Bertz CT molecular complexity index is 2960. The fourth-order valence-electron chi connectivity index (χ4n) is 8.93. The first kappa shape index (κ1) is 25.6. The minimum Gasteiger partial charge on any atom is -0.339 e. The minimum atomic E-state index is -1.34. The molecule has 0 atom stereocenters. The van der Waals surface area contributed by atoms with Crippen molar-refractivity contribution < 1.29 is 18.6 Å². The first-order valence-corrected chi connectivity index (χ1v) is 18.2. The van der Waals surface area contributed by atoms with Gasteiger partial charge in [0.25, 0.3) is 21.0 Å². The van der Waals surface area contributed by atoms with Crippen molar-refractivity contribution in [2.45, 2.75) is 33.7 Å². The minimum absolute atomic E-state index is 0.787. The summed E-state index contributed by atoms with van der Waals surface area (Å²) in [7, 11) is 0. The van der Waals surface area contributed by atoms with Gasteiger partial charge in [0.05, 0.1) is 22.4 Å². The molecule has 0 radical (unpaired) electrons. The quantitative estimate of drug-likeness (QED) is 0.119. The summed E-state index contributed by atoms with van der Waals surface area (Å²) in [6.45, 7) is 8.79. The fourth-order valence-corrected chi connectivity index (χ4v) is 11.5. The Morgan fingerprint density at radius 3 is 1.49 bits per heavy atom. The molecule has 0 fully saturated rings. The van der Waals surface area contributed by atoms with E-state index < -0.39 is 6.03 Å². The number of rotatable bonds is 0. The number of aryl methyl sites for hydroxylation is 4. The maximum absolute atomic E-state index is 7.60. The highest BCUT2D eigenvalue weighted by molar-refractivity contribution is 7.22. The van der Waals surface area contributed by atoms with E-state index in [-0.39, 0.29) is 0 Å². The van der Waals surface area contributed by atoms with Gasteiger partial charge >= 0.3 is 6.03 Å². The third kappa shape index (κ3) is 2.75. The molecule has 4 aliphatic heterocycles. The van der Waals surface area contributed by atoms with Crippen LogP contribution in [-0.4, -0.2) is 9.97 Å². The zero-order valence-electron chi connectivity index (χ0n) is 26.9. The summed E-state index contributed by atoms with van der Waals surface area (Å²) in [5, 5.41) is 6.86. The molecule has 1 spiro atoms. The van der Waals surface area contributed by atoms with Crippen molar-refractivity contribution in [1.82, 2.24) is 9.97 Å². The molecule has 230 valence electrons. The van der Waals surface area contributed by atoms with Gasteiger partial charge in [0, 0.05) is 21.9 Å². The predicted molar refractivity (Wildman–Crippen MR) is 195 cm³/mol. The summed E-state index contributed by atoms with van der Waals surface area (Å²) < 4.78 is 22.4. The molecule has 0 saturated carbocycles. The Morgan fingerprint density at radius 2 is 1.00 bits per heavy atom. The van der Waals surface area contributed by atoms with Crippen LogP contribution in [0.1, 0.15) is 22.3 Å². The SMILES string of the molecule is Cc1cc2c3c(c1)-c1sc4c(C)cc5cc(C)c6sc7[n+]8c6c5c4[n+]1C8(O3)Oc1c(cc(C)cc1-7)-c1ccc3ccc4ccc-2nc4c3n1. The molecule has 8 heterocycles. The highest BCUT2D eigenvalue weighted by Crippen LogP contribution is 2.55. The Kier molecular flexibility index (Phi) is 4.11. The Morgan fingerprint density at radius 1 is 0.551 bits per heavy atom. The van der Waals surface area contributed by atoms with Crippen molar-refractivity contribution in [2.24, 2.45) is 0 Å². The van der Waals surface area contributed by atoms with Crippen LogP contribution in [0.25, 0.3) is 96.7 Å². The number of hydrogen-bond donors (Lipinski definition) is 0. The average Bonchev–Trinajstić information content (AvgIpc) is 3.71. The predicted octanol–water partition coefficient (Wildman–Crippen LogP) is 9.37. The Balaban J connectivity index is 1.34. The van der Waals surface area contributed by atoms with Crippen LogP contribution in [0.3, 0.4) is 0 Å². The molecule has 49 heavy (non-hydrogen) atoms. The summed E-state index contributed by atoms with van der Waals surface area (Å²) in [6.07, 6.45) is 0. The van der Waals surface area contributed by atoms with Crippen LogP contribution in [0.4, 0.5) is 0 Å². The lowest BCUT2D eigenvalue weighted by molar-refractivity contribution is -1.04. The lowest BCUT2D eigenvalue weighted by Gasteiger charge is -2.32. The number of fused-ring (bicyclic) bond motifs is 6. The van der Waals surface area contributed by atoms with E-state index in [9.17, 15) is 0 Å². The summed E-state index contributed by atoms with van der Waals surface area (Å²) in [4.78, 5) is 10.8. The maximum Gasteiger partial charge on any atom is 0.717 e. The molecule has 0 amide bonds. The van der Waals surface area contributed by atoms with Crippen molar-refractivity contribution >= 4 is 75.7 Å². The van der Waals surface area contributed by atoms with E-state index in [1.54, 1.807) is 0 Å². The first-order chi connectivity index (χ1) is 23.9. The lowest BCUT2D eigenvalue weighted by atomic mass is 9.97. The van der Waals surface area contributed by atoms with Crippen LogP contribution in [0.2, 0.25) is 0 Å². The molecule has 5 aromatic carbocycles. The van der Waals surface area contributed by atoms with Gasteiger partial charge in [-0.2, -0.15) is 0 Å². The zero-order valence-corrected chi connectivity index (χ0v) is 28.5. The third-order valence-electron chi connectivity index (χ3n) is 10.9. The van der Waals surface area contributed by atoms with Crippen LogP contribution < -0.4 is 18.6 Å². The van der Waals surface area contributed by atoms with Gasteiger partial charge < -0.3 is 9.47 Å². The van der Waals surface area contributed by atoms with E-state index in [1.807, 2.05) is 22.7 Å². The van der Waals surface area contributed by atoms with Crippen LogP contribution in [0.15, 0.2) is 72.8 Å². The van der Waals surface area contributed by atoms with Crippen LogP contribution in [0.5, 0.6) is 11.5 Å². The Labute approximate surface area is 287 Å². The summed E-state index contributed by atoms with van der Waals surface area (Å²) >= 11 is 3.67. The molecule has 4 aliphatic rings. The molecule has 13 rings (SSSR count). The van der Waals surface area contributed by atoms with E-state index in [4.69, 9.17) is 19.4 Å². The highest BCUT2D eigenvalue weighted by Gasteiger charge is 2.72. The second kappa shape index (κ2) is 7.88. The van der Waals surface area contributed by atoms with E-state index in [0.717, 1.165) is 88.1 Å². The zero-order chi connectivity index (χ0) is 32.2. The number of ether oxygens (including phenoxy) is 2. The third-order valence-corrected chi connectivity index (χ3v) is 13.6. The second-order valence-corrected chi connectivity index (χ2v) is 16.1. The van der Waals surface area contributed by atoms with Gasteiger partial charge in [0.1, 0.15) is 25.9 Å². The van der Waals surface area contributed by atoms with Crippen LogP contribution in [-0.2, 0) is 6.03 Å². The average molecular weight is 669 g/mol. The second-order valence-electron chi connectivity index (χ2n) is 14.1. The molecular formula is C41H24N4O2S2+2. The number of benzene rings is 5. The van der Waals surface area contributed by atoms with Gasteiger partial charge in [-0.25, -0.2) is 9.97 Å². The highest BCUT2D eigenvalue weighted by atomic mass is 32.1. The largest absolute Gasteiger partial charge is 0.717 e. The number of thiazole rings is 2. The smallest absolute Gasteiger partial charge is 0.339 e. The van der Waals surface area contributed by atoms with E-state index in [0.29, 0.717) is 0 Å². The molecule has 0 aliphatic carbocycles. The maximum atomic E-state index is 7.60. The molecule has 0 saturated heterocycles. The van der Waals surface area contributed by atoms with Crippen LogP contribution >= 0.6 is 22.7 Å².